The Kier molecular flexibility index (Phi) is 2.05. The van der Waals surface area contributed by atoms with Gasteiger partial charge in [-0.1, -0.05) is 24.3 Å². The van der Waals surface area contributed by atoms with Gasteiger partial charge >= 0.3 is 5.97 Å². The van der Waals surface area contributed by atoms with E-state index in [0.717, 1.165) is 5.56 Å². The Morgan fingerprint density at radius 1 is 1.33 bits per heavy atom. The Bertz CT molecular complexity index is 459. The van der Waals surface area contributed by atoms with E-state index in [1.165, 1.54) is 7.11 Å². The van der Waals surface area contributed by atoms with Crippen molar-refractivity contribution in [3.8, 4) is 6.07 Å². The monoisotopic (exact) mass is 199 g/mol. The van der Waals surface area contributed by atoms with E-state index in [1.54, 1.807) is 36.4 Å². The summed E-state index contributed by atoms with van der Waals surface area (Å²) in [6.45, 7) is 0. The van der Waals surface area contributed by atoms with Crippen LogP contribution in [-0.4, -0.2) is 13.1 Å². The molecular formula is C12H9NO2. The number of hydrogen-bond acceptors (Lipinski definition) is 3. The number of carbonyl (C=O) groups is 1. The molecule has 0 amide bonds. The summed E-state index contributed by atoms with van der Waals surface area (Å²) in [5, 5.41) is 8.65. The van der Waals surface area contributed by atoms with Crippen molar-refractivity contribution in [2.75, 3.05) is 7.11 Å². The first-order chi connectivity index (χ1) is 7.23. The van der Waals surface area contributed by atoms with Gasteiger partial charge < -0.3 is 4.74 Å². The summed E-state index contributed by atoms with van der Waals surface area (Å²) in [5.41, 5.74) is 0.746. The highest BCUT2D eigenvalue weighted by molar-refractivity contribution is 5.93. The number of hydrogen-bond donors (Lipinski definition) is 0. The normalized spacial score (nSPS) is 15.5. The molecule has 0 saturated heterocycles. The molecule has 0 atom stereocenters. The fourth-order valence-corrected chi connectivity index (χ4v) is 1.52. The SMILES string of the molecule is COC(=O)C1(c2ccc(C#N)cc2)C=C1. The van der Waals surface area contributed by atoms with Crippen molar-refractivity contribution >= 4 is 5.97 Å². The van der Waals surface area contributed by atoms with Gasteiger partial charge in [-0.2, -0.15) is 5.26 Å². The lowest BCUT2D eigenvalue weighted by Crippen LogP contribution is -2.23. The maximum Gasteiger partial charge on any atom is 0.324 e. The van der Waals surface area contributed by atoms with E-state index >= 15 is 0 Å². The second-order valence-corrected chi connectivity index (χ2v) is 3.38. The zero-order valence-electron chi connectivity index (χ0n) is 8.23. The second kappa shape index (κ2) is 3.25. The molecule has 0 bridgehead atoms. The van der Waals surface area contributed by atoms with E-state index in [9.17, 15) is 4.79 Å². The number of methoxy groups -OCH3 is 1. The molecule has 1 aliphatic carbocycles. The van der Waals surface area contributed by atoms with Gasteiger partial charge in [-0.15, -0.1) is 0 Å². The van der Waals surface area contributed by atoms with E-state index < -0.39 is 5.41 Å². The van der Waals surface area contributed by atoms with Crippen molar-refractivity contribution < 1.29 is 9.53 Å². The van der Waals surface area contributed by atoms with Crippen LogP contribution in [0.15, 0.2) is 36.4 Å². The molecule has 0 aromatic heterocycles. The van der Waals surface area contributed by atoms with Crippen LogP contribution in [-0.2, 0) is 14.9 Å². The predicted octanol–water partition coefficient (Wildman–Crippen LogP) is 1.54. The molecule has 0 radical (unpaired) electrons. The van der Waals surface area contributed by atoms with Gasteiger partial charge in [-0.25, -0.2) is 0 Å². The first-order valence-electron chi connectivity index (χ1n) is 4.52. The van der Waals surface area contributed by atoms with Crippen molar-refractivity contribution in [2.45, 2.75) is 5.41 Å². The first-order valence-corrected chi connectivity index (χ1v) is 4.52. The standard InChI is InChI=1S/C12H9NO2/c1-15-11(14)12(6-7-12)10-4-2-9(8-13)3-5-10/h2-7H,1H3. The van der Waals surface area contributed by atoms with Crippen molar-refractivity contribution in [3.63, 3.8) is 0 Å². The van der Waals surface area contributed by atoms with Crippen LogP contribution < -0.4 is 0 Å². The molecule has 3 nitrogen and oxygen atoms in total. The Balaban J connectivity index is 2.31. The maximum absolute atomic E-state index is 11.5. The fraction of sp³-hybridized carbons (Fsp3) is 0.167. The Morgan fingerprint density at radius 3 is 2.33 bits per heavy atom. The van der Waals surface area contributed by atoms with Crippen LogP contribution in [0.4, 0.5) is 0 Å². The molecule has 74 valence electrons. The van der Waals surface area contributed by atoms with Crippen LogP contribution >= 0.6 is 0 Å². The predicted molar refractivity (Wildman–Crippen MR) is 54.0 cm³/mol. The van der Waals surface area contributed by atoms with Crippen molar-refractivity contribution in [1.82, 2.24) is 0 Å². The summed E-state index contributed by atoms with van der Waals surface area (Å²) >= 11 is 0. The lowest BCUT2D eigenvalue weighted by molar-refractivity contribution is -0.142. The summed E-state index contributed by atoms with van der Waals surface area (Å²) < 4.78 is 4.72. The van der Waals surface area contributed by atoms with E-state index in [4.69, 9.17) is 10.00 Å². The lowest BCUT2D eigenvalue weighted by Gasteiger charge is -2.13. The topological polar surface area (TPSA) is 50.1 Å². The first kappa shape index (κ1) is 9.47. The molecular weight excluding hydrogens is 190 g/mol. The van der Waals surface area contributed by atoms with Gasteiger partial charge in [-0.3, -0.25) is 4.79 Å². The number of rotatable bonds is 2. The van der Waals surface area contributed by atoms with Crippen LogP contribution in [0.25, 0.3) is 0 Å². The van der Waals surface area contributed by atoms with E-state index in [2.05, 4.69) is 0 Å². The third kappa shape index (κ3) is 1.40. The molecule has 0 spiro atoms. The smallest absolute Gasteiger partial charge is 0.324 e. The third-order valence-electron chi connectivity index (χ3n) is 2.51. The molecule has 0 fully saturated rings. The highest BCUT2D eigenvalue weighted by Crippen LogP contribution is 2.39. The van der Waals surface area contributed by atoms with Gasteiger partial charge in [0.05, 0.1) is 18.7 Å². The van der Waals surface area contributed by atoms with Crippen molar-refractivity contribution in [2.24, 2.45) is 0 Å². The molecule has 2 rings (SSSR count). The van der Waals surface area contributed by atoms with Crippen molar-refractivity contribution in [3.05, 3.63) is 47.5 Å². The molecule has 0 heterocycles. The summed E-state index contributed by atoms with van der Waals surface area (Å²) in [6.07, 6.45) is 3.58. The largest absolute Gasteiger partial charge is 0.468 e. The highest BCUT2D eigenvalue weighted by Gasteiger charge is 2.45. The number of carbonyl (C=O) groups excluding carboxylic acids is 1. The maximum atomic E-state index is 11.5. The van der Waals surface area contributed by atoms with Gasteiger partial charge in [0, 0.05) is 0 Å². The fourth-order valence-electron chi connectivity index (χ4n) is 1.52. The minimum atomic E-state index is -0.678. The lowest BCUT2D eigenvalue weighted by atomic mass is 9.93. The number of ether oxygens (including phenoxy) is 1. The second-order valence-electron chi connectivity index (χ2n) is 3.38. The minimum Gasteiger partial charge on any atom is -0.468 e. The molecule has 0 unspecified atom stereocenters. The van der Waals surface area contributed by atoms with Gasteiger partial charge in [0.1, 0.15) is 5.41 Å². The summed E-state index contributed by atoms with van der Waals surface area (Å²) in [5.74, 6) is -0.285. The molecule has 0 aliphatic heterocycles. The van der Waals surface area contributed by atoms with Crippen LogP contribution in [0.1, 0.15) is 11.1 Å². The van der Waals surface area contributed by atoms with Gasteiger partial charge in [0.25, 0.3) is 0 Å². The third-order valence-corrected chi connectivity index (χ3v) is 2.51. The molecule has 1 aliphatic rings. The average Bonchev–Trinajstić information content (AvgIpc) is 3.09. The van der Waals surface area contributed by atoms with E-state index in [0.29, 0.717) is 5.56 Å². The van der Waals surface area contributed by atoms with Gasteiger partial charge in [0.15, 0.2) is 0 Å². The highest BCUT2D eigenvalue weighted by atomic mass is 16.5. The zero-order chi connectivity index (χ0) is 10.9. The molecule has 15 heavy (non-hydrogen) atoms. The quantitative estimate of drug-likeness (QED) is 0.536. The Labute approximate surface area is 87.6 Å². The Morgan fingerprint density at radius 2 is 1.93 bits per heavy atom. The molecule has 0 saturated carbocycles. The van der Waals surface area contributed by atoms with Crippen LogP contribution in [0, 0.1) is 11.3 Å². The van der Waals surface area contributed by atoms with Crippen LogP contribution in [0.2, 0.25) is 0 Å². The average molecular weight is 199 g/mol. The van der Waals surface area contributed by atoms with Crippen LogP contribution in [0.3, 0.4) is 0 Å². The van der Waals surface area contributed by atoms with Gasteiger partial charge in [0.2, 0.25) is 0 Å². The van der Waals surface area contributed by atoms with Gasteiger partial charge in [-0.05, 0) is 17.7 Å². The minimum absolute atomic E-state index is 0.285. The zero-order valence-corrected chi connectivity index (χ0v) is 8.23. The molecule has 3 heteroatoms. The molecule has 0 N–H and O–H groups in total. The summed E-state index contributed by atoms with van der Waals surface area (Å²) in [6, 6.07) is 8.97. The Hall–Kier alpha value is -2.08. The number of esters is 1. The number of nitrogens with zero attached hydrogens (tertiary/aromatic N) is 1. The summed E-state index contributed by atoms with van der Waals surface area (Å²) in [7, 11) is 1.37. The number of nitriles is 1. The molecule has 1 aromatic rings. The van der Waals surface area contributed by atoms with E-state index in [-0.39, 0.29) is 5.97 Å². The van der Waals surface area contributed by atoms with E-state index in [1.807, 2.05) is 6.07 Å². The number of benzene rings is 1. The van der Waals surface area contributed by atoms with Crippen molar-refractivity contribution in [1.29, 1.82) is 5.26 Å². The summed E-state index contributed by atoms with van der Waals surface area (Å²) in [4.78, 5) is 11.5. The van der Waals surface area contributed by atoms with Crippen LogP contribution in [0.5, 0.6) is 0 Å². The molecule has 1 aromatic carbocycles.